The summed E-state index contributed by atoms with van der Waals surface area (Å²) in [5.41, 5.74) is 4.08. The van der Waals surface area contributed by atoms with Crippen LogP contribution in [-0.4, -0.2) is 23.0 Å². The van der Waals surface area contributed by atoms with Gasteiger partial charge in [-0.2, -0.15) is 0 Å². The molecule has 0 saturated heterocycles. The summed E-state index contributed by atoms with van der Waals surface area (Å²) < 4.78 is 5.26. The molecule has 0 radical (unpaired) electrons. The van der Waals surface area contributed by atoms with E-state index in [1.807, 2.05) is 55.6 Å². The van der Waals surface area contributed by atoms with Crippen LogP contribution in [0.3, 0.4) is 0 Å². The minimum atomic E-state index is -0.827. The molecule has 1 aromatic heterocycles. The molecule has 140 valence electrons. The summed E-state index contributed by atoms with van der Waals surface area (Å²) in [5.74, 6) is -0.690. The Hall–Kier alpha value is -3.08. The number of hydrogen-bond donors (Lipinski definition) is 2. The number of carbonyl (C=O) groups excluding carboxylic acids is 2. The van der Waals surface area contributed by atoms with E-state index in [1.165, 1.54) is 10.9 Å². The van der Waals surface area contributed by atoms with Gasteiger partial charge < -0.3 is 15.0 Å². The van der Waals surface area contributed by atoms with Crippen LogP contribution in [0.5, 0.6) is 0 Å². The largest absolute Gasteiger partial charge is 0.453 e. The van der Waals surface area contributed by atoms with Crippen LogP contribution in [0.15, 0.2) is 54.7 Å². The third-order valence-corrected chi connectivity index (χ3v) is 4.50. The number of hydrogen-bond acceptors (Lipinski definition) is 3. The van der Waals surface area contributed by atoms with E-state index in [4.69, 9.17) is 4.74 Å². The molecule has 2 aromatic carbocycles. The number of ether oxygens (including phenoxy) is 1. The normalized spacial score (nSPS) is 11.9. The average Bonchev–Trinajstić information content (AvgIpc) is 3.07. The number of aromatic nitrogens is 1. The number of esters is 1. The van der Waals surface area contributed by atoms with Gasteiger partial charge >= 0.3 is 5.97 Å². The van der Waals surface area contributed by atoms with Gasteiger partial charge in [0, 0.05) is 29.2 Å². The number of aryl methyl sites for hydroxylation is 2. The fourth-order valence-corrected chi connectivity index (χ4v) is 2.95. The molecule has 0 aliphatic heterocycles. The first kappa shape index (κ1) is 18.7. The SMILES string of the molecule is Cc1ccc(NC(=O)C(C)OC(=O)CCCc2c[nH]c3ccccc23)cc1. The molecule has 2 N–H and O–H groups in total. The van der Waals surface area contributed by atoms with Crippen LogP contribution in [0.1, 0.15) is 30.9 Å². The van der Waals surface area contributed by atoms with Gasteiger partial charge in [-0.1, -0.05) is 35.9 Å². The summed E-state index contributed by atoms with van der Waals surface area (Å²) in [6.45, 7) is 3.56. The number of carbonyl (C=O) groups is 2. The Morgan fingerprint density at radius 3 is 2.63 bits per heavy atom. The summed E-state index contributed by atoms with van der Waals surface area (Å²) in [6.07, 6.45) is 2.89. The van der Waals surface area contributed by atoms with E-state index >= 15 is 0 Å². The Kier molecular flexibility index (Phi) is 5.91. The number of nitrogens with one attached hydrogen (secondary N) is 2. The van der Waals surface area contributed by atoms with Gasteiger partial charge in [0.05, 0.1) is 0 Å². The lowest BCUT2D eigenvalue weighted by atomic mass is 10.1. The lowest BCUT2D eigenvalue weighted by Crippen LogP contribution is -2.29. The zero-order chi connectivity index (χ0) is 19.2. The molecule has 0 fully saturated rings. The summed E-state index contributed by atoms with van der Waals surface area (Å²) in [7, 11) is 0. The van der Waals surface area contributed by atoms with Crippen LogP contribution in [0.4, 0.5) is 5.69 Å². The summed E-state index contributed by atoms with van der Waals surface area (Å²) in [6, 6.07) is 15.6. The zero-order valence-corrected chi connectivity index (χ0v) is 15.6. The third kappa shape index (κ3) is 4.97. The van der Waals surface area contributed by atoms with Crippen molar-refractivity contribution in [1.82, 2.24) is 4.98 Å². The first-order valence-corrected chi connectivity index (χ1v) is 9.15. The molecule has 0 aliphatic rings. The van der Waals surface area contributed by atoms with Crippen LogP contribution in [0.25, 0.3) is 10.9 Å². The molecule has 5 nitrogen and oxygen atoms in total. The van der Waals surface area contributed by atoms with Crippen molar-refractivity contribution in [3.05, 3.63) is 65.9 Å². The van der Waals surface area contributed by atoms with Crippen molar-refractivity contribution in [2.75, 3.05) is 5.32 Å². The molecule has 0 spiro atoms. The standard InChI is InChI=1S/C22H24N2O3/c1-15-10-12-18(13-11-15)24-22(26)16(2)27-21(25)9-5-6-17-14-23-20-8-4-3-7-19(17)20/h3-4,7-8,10-14,16,23H,5-6,9H2,1-2H3,(H,24,26). The van der Waals surface area contributed by atoms with Crippen molar-refractivity contribution in [3.8, 4) is 0 Å². The quantitative estimate of drug-likeness (QED) is 0.612. The molecule has 0 saturated carbocycles. The minimum absolute atomic E-state index is 0.279. The molecule has 27 heavy (non-hydrogen) atoms. The van der Waals surface area contributed by atoms with Gasteiger partial charge in [-0.05, 0) is 50.5 Å². The smallest absolute Gasteiger partial charge is 0.306 e. The fourth-order valence-electron chi connectivity index (χ4n) is 2.95. The average molecular weight is 364 g/mol. The summed E-state index contributed by atoms with van der Waals surface area (Å²) in [4.78, 5) is 27.4. The van der Waals surface area contributed by atoms with Crippen molar-refractivity contribution < 1.29 is 14.3 Å². The molecular formula is C22H24N2O3. The predicted molar refractivity (Wildman–Crippen MR) is 107 cm³/mol. The van der Waals surface area contributed by atoms with Crippen LogP contribution < -0.4 is 5.32 Å². The van der Waals surface area contributed by atoms with Crippen LogP contribution >= 0.6 is 0 Å². The van der Waals surface area contributed by atoms with E-state index in [-0.39, 0.29) is 18.3 Å². The number of rotatable bonds is 7. The highest BCUT2D eigenvalue weighted by molar-refractivity contribution is 5.95. The van der Waals surface area contributed by atoms with Crippen LogP contribution in [0.2, 0.25) is 0 Å². The molecule has 0 aliphatic carbocycles. The fraction of sp³-hybridized carbons (Fsp3) is 0.273. The number of benzene rings is 2. The van der Waals surface area contributed by atoms with Gasteiger partial charge in [0.2, 0.25) is 0 Å². The van der Waals surface area contributed by atoms with Gasteiger partial charge in [-0.25, -0.2) is 0 Å². The van der Waals surface area contributed by atoms with E-state index in [0.29, 0.717) is 12.1 Å². The lowest BCUT2D eigenvalue weighted by Gasteiger charge is -2.13. The minimum Gasteiger partial charge on any atom is -0.453 e. The molecule has 3 rings (SSSR count). The highest BCUT2D eigenvalue weighted by Gasteiger charge is 2.17. The van der Waals surface area contributed by atoms with E-state index in [2.05, 4.69) is 16.4 Å². The van der Waals surface area contributed by atoms with E-state index in [9.17, 15) is 9.59 Å². The lowest BCUT2D eigenvalue weighted by molar-refractivity contribution is -0.153. The second kappa shape index (κ2) is 8.54. The Morgan fingerprint density at radius 2 is 1.85 bits per heavy atom. The van der Waals surface area contributed by atoms with Gasteiger partial charge in [0.25, 0.3) is 5.91 Å². The maximum absolute atomic E-state index is 12.1. The Bertz CT molecular complexity index is 928. The van der Waals surface area contributed by atoms with Crippen molar-refractivity contribution in [3.63, 3.8) is 0 Å². The molecule has 1 atom stereocenters. The molecule has 1 amide bonds. The highest BCUT2D eigenvalue weighted by atomic mass is 16.5. The Labute approximate surface area is 158 Å². The monoisotopic (exact) mass is 364 g/mol. The number of aromatic amines is 1. The summed E-state index contributed by atoms with van der Waals surface area (Å²) in [5, 5.41) is 3.93. The number of amides is 1. The number of para-hydroxylation sites is 1. The number of anilines is 1. The predicted octanol–water partition coefficient (Wildman–Crippen LogP) is 4.37. The van der Waals surface area contributed by atoms with Crippen molar-refractivity contribution in [2.24, 2.45) is 0 Å². The molecule has 3 aromatic rings. The van der Waals surface area contributed by atoms with Crippen molar-refractivity contribution >= 4 is 28.5 Å². The highest BCUT2D eigenvalue weighted by Crippen LogP contribution is 2.19. The second-order valence-electron chi connectivity index (χ2n) is 6.70. The van der Waals surface area contributed by atoms with Gasteiger partial charge in [0.15, 0.2) is 6.10 Å². The Morgan fingerprint density at radius 1 is 1.11 bits per heavy atom. The first-order chi connectivity index (χ1) is 13.0. The van der Waals surface area contributed by atoms with E-state index in [1.54, 1.807) is 6.92 Å². The topological polar surface area (TPSA) is 71.2 Å². The van der Waals surface area contributed by atoms with Crippen LogP contribution in [-0.2, 0) is 20.7 Å². The van der Waals surface area contributed by atoms with Crippen molar-refractivity contribution in [1.29, 1.82) is 0 Å². The van der Waals surface area contributed by atoms with Crippen LogP contribution in [0, 0.1) is 6.92 Å². The van der Waals surface area contributed by atoms with E-state index in [0.717, 1.165) is 17.5 Å². The third-order valence-electron chi connectivity index (χ3n) is 4.50. The number of H-pyrrole nitrogens is 1. The molecular weight excluding hydrogens is 340 g/mol. The van der Waals surface area contributed by atoms with Crippen molar-refractivity contribution in [2.45, 2.75) is 39.2 Å². The first-order valence-electron chi connectivity index (χ1n) is 9.15. The molecule has 5 heteroatoms. The van der Waals surface area contributed by atoms with Gasteiger partial charge in [-0.15, -0.1) is 0 Å². The second-order valence-corrected chi connectivity index (χ2v) is 6.70. The summed E-state index contributed by atoms with van der Waals surface area (Å²) >= 11 is 0. The van der Waals surface area contributed by atoms with Gasteiger partial charge in [-0.3, -0.25) is 9.59 Å². The van der Waals surface area contributed by atoms with Gasteiger partial charge in [0.1, 0.15) is 0 Å². The zero-order valence-electron chi connectivity index (χ0n) is 15.6. The molecule has 0 bridgehead atoms. The molecule has 1 unspecified atom stereocenters. The number of fused-ring (bicyclic) bond motifs is 1. The Balaban J connectivity index is 1.44. The maximum Gasteiger partial charge on any atom is 0.306 e. The molecule has 1 heterocycles. The van der Waals surface area contributed by atoms with E-state index < -0.39 is 6.10 Å². The maximum atomic E-state index is 12.1.